The van der Waals surface area contributed by atoms with Gasteiger partial charge in [0.15, 0.2) is 5.16 Å². The Balaban J connectivity index is 1.28. The highest BCUT2D eigenvalue weighted by molar-refractivity contribution is 7.98. The zero-order chi connectivity index (χ0) is 20.9. The normalized spacial score (nSPS) is 13.2. The van der Waals surface area contributed by atoms with E-state index in [9.17, 15) is 14.4 Å². The summed E-state index contributed by atoms with van der Waals surface area (Å²) >= 11 is 1.58. The van der Waals surface area contributed by atoms with E-state index in [1.165, 1.54) is 6.08 Å². The number of hydrogen-bond donors (Lipinski definition) is 5. The van der Waals surface area contributed by atoms with E-state index in [0.29, 0.717) is 11.3 Å². The largest absolute Gasteiger partial charge is 0.333 e. The third kappa shape index (κ3) is 4.61. The summed E-state index contributed by atoms with van der Waals surface area (Å²) in [6, 6.07) is 14.9. The number of amides is 3. The van der Waals surface area contributed by atoms with Gasteiger partial charge in [-0.2, -0.15) is 0 Å². The van der Waals surface area contributed by atoms with E-state index in [2.05, 4.69) is 31.7 Å². The van der Waals surface area contributed by atoms with Crippen LogP contribution in [0.15, 0.2) is 65.5 Å². The standard InChI is InChI=1S/C20H18N6O3S/c27-17-10-9-16(23-24-17)19(29)26-25-18(28)13-7-5-12(6-8-13)11-30-20-21-14-3-1-2-4-15(14)22-20/h1-9,23H,10-11H2,(H,21,22)(H,24,27)(H,25,28)(H,26,29). The number of imidazole rings is 1. The topological polar surface area (TPSA) is 128 Å². The molecule has 0 atom stereocenters. The van der Waals surface area contributed by atoms with Gasteiger partial charge < -0.3 is 4.98 Å². The van der Waals surface area contributed by atoms with Gasteiger partial charge in [-0.05, 0) is 35.9 Å². The number of H-pyrrole nitrogens is 1. The Kier molecular flexibility index (Phi) is 5.66. The third-order valence-electron chi connectivity index (χ3n) is 4.32. The Morgan fingerprint density at radius 3 is 2.50 bits per heavy atom. The molecule has 0 radical (unpaired) electrons. The molecule has 2 heterocycles. The molecule has 1 aliphatic rings. The Hall–Kier alpha value is -3.79. The molecule has 152 valence electrons. The van der Waals surface area contributed by atoms with Gasteiger partial charge in [-0.3, -0.25) is 36.1 Å². The van der Waals surface area contributed by atoms with Gasteiger partial charge in [0.1, 0.15) is 5.70 Å². The van der Waals surface area contributed by atoms with E-state index in [1.807, 2.05) is 36.4 Å². The maximum atomic E-state index is 12.2. The molecule has 5 N–H and O–H groups in total. The van der Waals surface area contributed by atoms with Gasteiger partial charge in [-0.15, -0.1) is 0 Å². The zero-order valence-electron chi connectivity index (χ0n) is 15.7. The lowest BCUT2D eigenvalue weighted by Gasteiger charge is -2.16. The van der Waals surface area contributed by atoms with E-state index in [1.54, 1.807) is 23.9 Å². The van der Waals surface area contributed by atoms with Gasteiger partial charge in [0, 0.05) is 17.7 Å². The molecule has 3 aromatic rings. The van der Waals surface area contributed by atoms with Crippen molar-refractivity contribution in [2.75, 3.05) is 0 Å². The molecule has 0 bridgehead atoms. The number of fused-ring (bicyclic) bond motifs is 1. The fourth-order valence-electron chi connectivity index (χ4n) is 2.74. The summed E-state index contributed by atoms with van der Waals surface area (Å²) in [7, 11) is 0. The Labute approximate surface area is 175 Å². The van der Waals surface area contributed by atoms with Crippen LogP contribution in [0.2, 0.25) is 0 Å². The highest BCUT2D eigenvalue weighted by Crippen LogP contribution is 2.23. The van der Waals surface area contributed by atoms with Gasteiger partial charge in [0.2, 0.25) is 5.91 Å². The van der Waals surface area contributed by atoms with Crippen molar-refractivity contribution in [1.29, 1.82) is 0 Å². The van der Waals surface area contributed by atoms with Crippen LogP contribution in [0.5, 0.6) is 0 Å². The van der Waals surface area contributed by atoms with E-state index < -0.39 is 11.8 Å². The molecule has 2 aromatic carbocycles. The molecule has 0 unspecified atom stereocenters. The number of aromatic amines is 1. The first-order valence-electron chi connectivity index (χ1n) is 9.11. The summed E-state index contributed by atoms with van der Waals surface area (Å²) in [6.45, 7) is 0. The number of nitrogens with one attached hydrogen (secondary N) is 5. The van der Waals surface area contributed by atoms with E-state index in [0.717, 1.165) is 21.8 Å². The molecule has 1 aromatic heterocycles. The predicted molar refractivity (Wildman–Crippen MR) is 112 cm³/mol. The molecule has 30 heavy (non-hydrogen) atoms. The zero-order valence-corrected chi connectivity index (χ0v) is 16.5. The molecular formula is C20H18N6O3S. The van der Waals surface area contributed by atoms with Crippen LogP contribution >= 0.6 is 11.8 Å². The molecule has 0 saturated carbocycles. The quantitative estimate of drug-likeness (QED) is 0.313. The third-order valence-corrected chi connectivity index (χ3v) is 5.27. The SMILES string of the molecule is O=C1CC=C(C(=O)NNC(=O)c2ccc(CSc3nc4ccccc4[nH]3)cc2)NN1. The first-order valence-corrected chi connectivity index (χ1v) is 10.1. The average Bonchev–Trinajstić information content (AvgIpc) is 3.20. The Morgan fingerprint density at radius 1 is 1.00 bits per heavy atom. The van der Waals surface area contributed by atoms with E-state index in [-0.39, 0.29) is 18.0 Å². The van der Waals surface area contributed by atoms with Gasteiger partial charge in [0.25, 0.3) is 11.8 Å². The number of carbonyl (C=O) groups excluding carboxylic acids is 3. The highest BCUT2D eigenvalue weighted by atomic mass is 32.2. The second-order valence-corrected chi connectivity index (χ2v) is 7.41. The van der Waals surface area contributed by atoms with Crippen molar-refractivity contribution in [1.82, 2.24) is 31.7 Å². The molecule has 0 spiro atoms. The van der Waals surface area contributed by atoms with Crippen LogP contribution in [-0.2, 0) is 15.3 Å². The van der Waals surface area contributed by atoms with Crippen LogP contribution in [-0.4, -0.2) is 27.7 Å². The van der Waals surface area contributed by atoms with Crippen molar-refractivity contribution in [3.8, 4) is 0 Å². The minimum atomic E-state index is -0.554. The molecule has 0 fully saturated rings. The summed E-state index contributed by atoms with van der Waals surface area (Å²) in [4.78, 5) is 43.0. The van der Waals surface area contributed by atoms with Gasteiger partial charge in [0.05, 0.1) is 11.0 Å². The number of hydrogen-bond acceptors (Lipinski definition) is 6. The summed E-state index contributed by atoms with van der Waals surface area (Å²) in [6.07, 6.45) is 1.53. The van der Waals surface area contributed by atoms with Crippen LogP contribution in [0.3, 0.4) is 0 Å². The number of hydrazine groups is 2. The monoisotopic (exact) mass is 422 g/mol. The van der Waals surface area contributed by atoms with Gasteiger partial charge >= 0.3 is 0 Å². The number of benzene rings is 2. The maximum absolute atomic E-state index is 12.2. The summed E-state index contributed by atoms with van der Waals surface area (Å²) in [5.74, 6) is -0.541. The summed E-state index contributed by atoms with van der Waals surface area (Å²) in [5, 5.41) is 0.836. The Bertz CT molecular complexity index is 1110. The molecule has 4 rings (SSSR count). The molecule has 0 saturated heterocycles. The van der Waals surface area contributed by atoms with Crippen molar-refractivity contribution >= 4 is 40.5 Å². The average molecular weight is 422 g/mol. The number of nitrogens with zero attached hydrogens (tertiary/aromatic N) is 1. The number of aromatic nitrogens is 2. The smallest absolute Gasteiger partial charge is 0.287 e. The summed E-state index contributed by atoms with van der Waals surface area (Å²) in [5.41, 5.74) is 13.0. The highest BCUT2D eigenvalue weighted by Gasteiger charge is 2.16. The van der Waals surface area contributed by atoms with Crippen LogP contribution in [0, 0.1) is 0 Å². The summed E-state index contributed by atoms with van der Waals surface area (Å²) < 4.78 is 0. The van der Waals surface area contributed by atoms with E-state index >= 15 is 0 Å². The van der Waals surface area contributed by atoms with Gasteiger partial charge in [-0.25, -0.2) is 4.98 Å². The fraction of sp³-hybridized carbons (Fsp3) is 0.100. The van der Waals surface area contributed by atoms with Crippen molar-refractivity contribution in [3.05, 3.63) is 71.4 Å². The molecule has 1 aliphatic heterocycles. The van der Waals surface area contributed by atoms with Crippen molar-refractivity contribution in [3.63, 3.8) is 0 Å². The van der Waals surface area contributed by atoms with Crippen LogP contribution in [0.1, 0.15) is 22.3 Å². The fourth-order valence-corrected chi connectivity index (χ4v) is 3.58. The molecule has 10 heteroatoms. The van der Waals surface area contributed by atoms with Crippen LogP contribution in [0.4, 0.5) is 0 Å². The molecule has 9 nitrogen and oxygen atoms in total. The number of thioether (sulfide) groups is 1. The minimum Gasteiger partial charge on any atom is -0.333 e. The lowest BCUT2D eigenvalue weighted by atomic mass is 10.1. The van der Waals surface area contributed by atoms with Crippen molar-refractivity contribution in [2.45, 2.75) is 17.3 Å². The molecular weight excluding hydrogens is 404 g/mol. The predicted octanol–water partition coefficient (Wildman–Crippen LogP) is 1.52. The molecule has 0 aliphatic carbocycles. The number of carbonyl (C=O) groups is 3. The van der Waals surface area contributed by atoms with Gasteiger partial charge in [-0.1, -0.05) is 36.0 Å². The Morgan fingerprint density at radius 2 is 1.77 bits per heavy atom. The minimum absolute atomic E-state index is 0.0944. The second kappa shape index (κ2) is 8.70. The first kappa shape index (κ1) is 19.5. The van der Waals surface area contributed by atoms with Crippen molar-refractivity contribution < 1.29 is 14.4 Å². The van der Waals surface area contributed by atoms with Crippen LogP contribution in [0.25, 0.3) is 11.0 Å². The van der Waals surface area contributed by atoms with Crippen LogP contribution < -0.4 is 21.7 Å². The van der Waals surface area contributed by atoms with E-state index in [4.69, 9.17) is 0 Å². The number of rotatable bonds is 5. The number of para-hydroxylation sites is 2. The lowest BCUT2D eigenvalue weighted by Crippen LogP contribution is -2.49. The van der Waals surface area contributed by atoms with Crippen molar-refractivity contribution in [2.24, 2.45) is 0 Å². The molecule has 3 amide bonds. The lowest BCUT2D eigenvalue weighted by molar-refractivity contribution is -0.122. The maximum Gasteiger partial charge on any atom is 0.287 e. The first-order chi connectivity index (χ1) is 14.6. The second-order valence-electron chi connectivity index (χ2n) is 6.45.